The van der Waals surface area contributed by atoms with Gasteiger partial charge in [0, 0.05) is 10.8 Å². The normalized spacial score (nSPS) is 12.4. The third-order valence-corrected chi connectivity index (χ3v) is 4.78. The zero-order chi connectivity index (χ0) is 19.6. The quantitative estimate of drug-likeness (QED) is 0.370. The summed E-state index contributed by atoms with van der Waals surface area (Å²) in [7, 11) is -3.87. The second-order valence-electron chi connectivity index (χ2n) is 5.86. The van der Waals surface area contributed by atoms with Gasteiger partial charge in [-0.25, -0.2) is 4.79 Å². The number of nitrogens with two attached hydrogens (primary N) is 1. The highest BCUT2D eigenvalue weighted by Gasteiger charge is 2.19. The minimum atomic E-state index is -3.87. The molecular formula is C18H18N4O4S. The van der Waals surface area contributed by atoms with Crippen molar-refractivity contribution in [2.24, 2.45) is 16.0 Å². The number of rotatable bonds is 4. The van der Waals surface area contributed by atoms with Crippen molar-refractivity contribution in [1.82, 2.24) is 0 Å². The zero-order valence-electron chi connectivity index (χ0n) is 14.3. The molecule has 0 saturated carbocycles. The van der Waals surface area contributed by atoms with Crippen LogP contribution >= 0.6 is 10.9 Å². The van der Waals surface area contributed by atoms with Crippen LogP contribution in [-0.4, -0.2) is 19.7 Å². The number of nitrogens with zero attached hydrogens (tertiary/aromatic N) is 2. The summed E-state index contributed by atoms with van der Waals surface area (Å²) in [5.41, 5.74) is 7.41. The molecule has 3 aromatic rings. The predicted octanol–water partition coefficient (Wildman–Crippen LogP) is 5.64. The maximum Gasteiger partial charge on any atom is 0.316 e. The molecule has 0 radical (unpaired) electrons. The van der Waals surface area contributed by atoms with Crippen molar-refractivity contribution in [3.63, 3.8) is 0 Å². The van der Waals surface area contributed by atoms with Crippen molar-refractivity contribution < 1.29 is 18.5 Å². The van der Waals surface area contributed by atoms with E-state index < -0.39 is 16.9 Å². The molecule has 0 unspecified atom stereocenters. The molecule has 0 aliphatic heterocycles. The highest BCUT2D eigenvalue weighted by Crippen LogP contribution is 2.48. The van der Waals surface area contributed by atoms with Gasteiger partial charge in [0.25, 0.3) is 0 Å². The van der Waals surface area contributed by atoms with Gasteiger partial charge in [-0.3, -0.25) is 0 Å². The highest BCUT2D eigenvalue weighted by molar-refractivity contribution is 8.19. The second-order valence-corrected chi connectivity index (χ2v) is 7.33. The lowest BCUT2D eigenvalue weighted by Crippen LogP contribution is -2.19. The van der Waals surface area contributed by atoms with E-state index in [4.69, 9.17) is 5.73 Å². The Morgan fingerprint density at radius 1 is 0.963 bits per heavy atom. The average Bonchev–Trinajstić information content (AvgIpc) is 2.59. The van der Waals surface area contributed by atoms with Crippen LogP contribution in [0.25, 0.3) is 10.8 Å². The number of urea groups is 1. The summed E-state index contributed by atoms with van der Waals surface area (Å²) in [6.07, 6.45) is 0. The van der Waals surface area contributed by atoms with Crippen LogP contribution in [0.3, 0.4) is 0 Å². The molecule has 0 saturated heterocycles. The first-order valence-electron chi connectivity index (χ1n) is 7.87. The second kappa shape index (κ2) is 7.33. The third-order valence-electron chi connectivity index (χ3n) is 3.83. The summed E-state index contributed by atoms with van der Waals surface area (Å²) in [4.78, 5) is 11.2. The number of aryl methyl sites for hydroxylation is 1. The SMILES string of the molecule is Cc1ccc(N=Nc2ccc(S(O)(O)O)c3ccccc23)c(NC(N)=O)c1. The van der Waals surface area contributed by atoms with Crippen LogP contribution in [0, 0.1) is 6.92 Å². The van der Waals surface area contributed by atoms with Gasteiger partial charge in [0.2, 0.25) is 0 Å². The summed E-state index contributed by atoms with van der Waals surface area (Å²) >= 11 is 0. The molecule has 0 aliphatic carbocycles. The molecule has 0 bridgehead atoms. The van der Waals surface area contributed by atoms with Gasteiger partial charge >= 0.3 is 6.03 Å². The molecule has 0 fully saturated rings. The van der Waals surface area contributed by atoms with Gasteiger partial charge in [0.1, 0.15) is 16.6 Å². The van der Waals surface area contributed by atoms with Gasteiger partial charge < -0.3 is 24.7 Å². The molecule has 6 N–H and O–H groups in total. The largest absolute Gasteiger partial charge is 0.351 e. The number of carbonyl (C=O) groups is 1. The lowest BCUT2D eigenvalue weighted by atomic mass is 10.1. The van der Waals surface area contributed by atoms with Crippen molar-refractivity contribution in [2.45, 2.75) is 11.8 Å². The lowest BCUT2D eigenvalue weighted by Gasteiger charge is -2.21. The Balaban J connectivity index is 2.07. The predicted molar refractivity (Wildman–Crippen MR) is 106 cm³/mol. The first-order valence-corrected chi connectivity index (χ1v) is 9.37. The third kappa shape index (κ3) is 4.23. The van der Waals surface area contributed by atoms with Gasteiger partial charge in [-0.1, -0.05) is 30.3 Å². The Bertz CT molecular complexity index is 1050. The molecule has 0 atom stereocenters. The van der Waals surface area contributed by atoms with Crippen molar-refractivity contribution >= 4 is 44.7 Å². The van der Waals surface area contributed by atoms with E-state index in [1.807, 2.05) is 13.0 Å². The Morgan fingerprint density at radius 3 is 2.26 bits per heavy atom. The molecule has 3 aromatic carbocycles. The van der Waals surface area contributed by atoms with E-state index in [0.29, 0.717) is 27.8 Å². The molecule has 0 aliphatic rings. The monoisotopic (exact) mass is 386 g/mol. The summed E-state index contributed by atoms with van der Waals surface area (Å²) in [6.45, 7) is 1.87. The Labute approximate surface area is 156 Å². The summed E-state index contributed by atoms with van der Waals surface area (Å²) < 4.78 is 28.9. The number of nitrogens with one attached hydrogen (secondary N) is 1. The highest BCUT2D eigenvalue weighted by atomic mass is 32.3. The van der Waals surface area contributed by atoms with E-state index in [1.54, 1.807) is 36.4 Å². The van der Waals surface area contributed by atoms with Crippen LogP contribution < -0.4 is 11.1 Å². The molecular weight excluding hydrogens is 368 g/mol. The van der Waals surface area contributed by atoms with Crippen LogP contribution in [0.1, 0.15) is 5.56 Å². The number of amides is 2. The fourth-order valence-electron chi connectivity index (χ4n) is 2.66. The Hall–Kier alpha value is -2.98. The van der Waals surface area contributed by atoms with Crippen molar-refractivity contribution in [2.75, 3.05) is 5.32 Å². The maximum absolute atomic E-state index is 11.2. The van der Waals surface area contributed by atoms with Gasteiger partial charge in [-0.2, -0.15) is 0 Å². The Kier molecular flexibility index (Phi) is 5.10. The molecule has 0 heterocycles. The fourth-order valence-corrected chi connectivity index (χ4v) is 3.38. The van der Waals surface area contributed by atoms with Crippen LogP contribution in [0.4, 0.5) is 21.9 Å². The van der Waals surface area contributed by atoms with Gasteiger partial charge in [0.05, 0.1) is 16.3 Å². The summed E-state index contributed by atoms with van der Waals surface area (Å²) in [5.74, 6) is 0. The molecule has 2 amide bonds. The fraction of sp³-hybridized carbons (Fsp3) is 0.0556. The average molecular weight is 386 g/mol. The van der Waals surface area contributed by atoms with Gasteiger partial charge in [0.15, 0.2) is 0 Å². The van der Waals surface area contributed by atoms with E-state index in [-0.39, 0.29) is 4.90 Å². The number of fused-ring (bicyclic) bond motifs is 1. The summed E-state index contributed by atoms with van der Waals surface area (Å²) in [5, 5.41) is 12.0. The minimum absolute atomic E-state index is 0.0171. The number of primary amides is 1. The van der Waals surface area contributed by atoms with Gasteiger partial charge in [-0.15, -0.1) is 10.2 Å². The number of azo groups is 1. The molecule has 3 rings (SSSR count). The molecule has 0 aromatic heterocycles. The number of anilines is 1. The van der Waals surface area contributed by atoms with E-state index >= 15 is 0 Å². The number of hydrogen-bond acceptors (Lipinski definition) is 6. The molecule has 8 nitrogen and oxygen atoms in total. The van der Waals surface area contributed by atoms with Crippen molar-refractivity contribution in [3.8, 4) is 0 Å². The molecule has 9 heteroatoms. The smallest absolute Gasteiger partial charge is 0.316 e. The van der Waals surface area contributed by atoms with E-state index in [2.05, 4.69) is 15.5 Å². The first-order chi connectivity index (χ1) is 12.8. The standard InChI is InChI=1S/C18H18N4O4S/c1-11-6-7-15(16(10-11)20-18(19)23)22-21-14-8-9-17(27(24,25)26)13-5-3-2-4-12(13)14/h2-10,24-26H,1H3,(H3,19,20,23). The van der Waals surface area contributed by atoms with E-state index in [0.717, 1.165) is 5.56 Å². The molecule has 0 spiro atoms. The number of hydrogen-bond donors (Lipinski definition) is 5. The Morgan fingerprint density at radius 2 is 1.59 bits per heavy atom. The number of carbonyl (C=O) groups excluding carboxylic acids is 1. The minimum Gasteiger partial charge on any atom is -0.351 e. The molecule has 140 valence electrons. The lowest BCUT2D eigenvalue weighted by molar-refractivity contribution is 0.259. The topological polar surface area (TPSA) is 141 Å². The van der Waals surface area contributed by atoms with Crippen molar-refractivity contribution in [3.05, 3.63) is 60.2 Å². The summed E-state index contributed by atoms with van der Waals surface area (Å²) in [6, 6.07) is 14.3. The van der Waals surface area contributed by atoms with E-state index in [9.17, 15) is 18.5 Å². The first kappa shape index (κ1) is 18.8. The van der Waals surface area contributed by atoms with Crippen LogP contribution in [0.2, 0.25) is 0 Å². The van der Waals surface area contributed by atoms with Crippen LogP contribution in [0.5, 0.6) is 0 Å². The van der Waals surface area contributed by atoms with E-state index in [1.165, 1.54) is 12.1 Å². The van der Waals surface area contributed by atoms with Crippen molar-refractivity contribution in [1.29, 1.82) is 0 Å². The van der Waals surface area contributed by atoms with Crippen LogP contribution in [0.15, 0.2) is 69.7 Å². The zero-order valence-corrected chi connectivity index (χ0v) is 15.1. The van der Waals surface area contributed by atoms with Gasteiger partial charge in [-0.05, 0) is 36.8 Å². The molecule has 27 heavy (non-hydrogen) atoms. The van der Waals surface area contributed by atoms with Crippen LogP contribution in [-0.2, 0) is 0 Å². The number of benzene rings is 3. The maximum atomic E-state index is 11.2.